The topological polar surface area (TPSA) is 75.5 Å². The summed E-state index contributed by atoms with van der Waals surface area (Å²) in [5.41, 5.74) is 0.0766. The Labute approximate surface area is 101 Å². The van der Waals surface area contributed by atoms with Crippen molar-refractivity contribution >= 4 is 12.6 Å². The fourth-order valence-corrected chi connectivity index (χ4v) is 1.21. The van der Waals surface area contributed by atoms with Crippen molar-refractivity contribution in [2.45, 2.75) is 0 Å². The minimum atomic E-state index is -1.69. The Morgan fingerprint density at radius 2 is 1.56 bits per heavy atom. The zero-order valence-electron chi connectivity index (χ0n) is 8.92. The Balaban J connectivity index is 2.18. The van der Waals surface area contributed by atoms with Crippen LogP contribution in [0.25, 0.3) is 0 Å². The number of hydrogen-bond acceptors (Lipinski definition) is 5. The van der Waals surface area contributed by atoms with Gasteiger partial charge < -0.3 is 14.8 Å². The Hall–Kier alpha value is -2.06. The first-order valence-electron chi connectivity index (χ1n) is 4.86. The third-order valence-corrected chi connectivity index (χ3v) is 1.99. The van der Waals surface area contributed by atoms with Crippen LogP contribution in [0.2, 0.25) is 0 Å². The fourth-order valence-electron chi connectivity index (χ4n) is 1.21. The van der Waals surface area contributed by atoms with E-state index >= 15 is 0 Å². The van der Waals surface area contributed by atoms with Gasteiger partial charge in [0.1, 0.15) is 17.4 Å². The number of ether oxygens (including phenoxy) is 1. The molecule has 5 nitrogen and oxygen atoms in total. The lowest BCUT2D eigenvalue weighted by Crippen LogP contribution is -2.30. The van der Waals surface area contributed by atoms with Crippen LogP contribution in [0.3, 0.4) is 0 Å². The molecule has 0 aliphatic carbocycles. The summed E-state index contributed by atoms with van der Waals surface area (Å²) in [4.78, 5) is 7.31. The maximum atomic E-state index is 12.9. The van der Waals surface area contributed by atoms with E-state index in [1.54, 1.807) is 0 Å². The molecule has 1 aromatic heterocycles. The standard InChI is InChI=1S/C10H7BF2N2O3/c12-7-1-8(13)3-9(2-7)18-10-14-4-6(5-15-10)11(16)17/h1-5,16-17H. The lowest BCUT2D eigenvalue weighted by Gasteiger charge is -2.04. The van der Waals surface area contributed by atoms with E-state index in [4.69, 9.17) is 14.8 Å². The van der Waals surface area contributed by atoms with Gasteiger partial charge in [0, 0.05) is 36.1 Å². The number of nitrogens with zero attached hydrogens (tertiary/aromatic N) is 2. The quantitative estimate of drug-likeness (QED) is 0.764. The van der Waals surface area contributed by atoms with Crippen LogP contribution in [-0.4, -0.2) is 27.1 Å². The van der Waals surface area contributed by atoms with E-state index in [0.717, 1.165) is 24.5 Å². The number of halogens is 2. The fraction of sp³-hybridized carbons (Fsp3) is 0. The summed E-state index contributed by atoms with van der Waals surface area (Å²) >= 11 is 0. The summed E-state index contributed by atoms with van der Waals surface area (Å²) in [6.07, 6.45) is 2.26. The molecule has 2 aromatic rings. The van der Waals surface area contributed by atoms with Crippen molar-refractivity contribution in [2.75, 3.05) is 0 Å². The van der Waals surface area contributed by atoms with Crippen molar-refractivity contribution in [1.82, 2.24) is 9.97 Å². The predicted molar refractivity (Wildman–Crippen MR) is 58.3 cm³/mol. The molecule has 0 saturated carbocycles. The minimum Gasteiger partial charge on any atom is -0.424 e. The Kier molecular flexibility index (Phi) is 3.49. The van der Waals surface area contributed by atoms with Crippen LogP contribution < -0.4 is 10.2 Å². The SMILES string of the molecule is OB(O)c1cnc(Oc2cc(F)cc(F)c2)nc1. The van der Waals surface area contributed by atoms with Crippen molar-refractivity contribution in [3.63, 3.8) is 0 Å². The van der Waals surface area contributed by atoms with E-state index in [9.17, 15) is 8.78 Å². The van der Waals surface area contributed by atoms with Crippen LogP contribution in [-0.2, 0) is 0 Å². The first-order valence-corrected chi connectivity index (χ1v) is 4.86. The van der Waals surface area contributed by atoms with Crippen molar-refractivity contribution in [3.05, 3.63) is 42.2 Å². The van der Waals surface area contributed by atoms with Crippen molar-refractivity contribution < 1.29 is 23.6 Å². The molecule has 0 atom stereocenters. The molecular weight excluding hydrogens is 245 g/mol. The predicted octanol–water partition coefficient (Wildman–Crippen LogP) is 0.227. The number of hydrogen-bond donors (Lipinski definition) is 2. The molecule has 0 bridgehead atoms. The van der Waals surface area contributed by atoms with Crippen LogP contribution in [0, 0.1) is 11.6 Å². The van der Waals surface area contributed by atoms with E-state index in [1.807, 2.05) is 0 Å². The molecule has 0 aliphatic rings. The van der Waals surface area contributed by atoms with Crippen molar-refractivity contribution in [2.24, 2.45) is 0 Å². The van der Waals surface area contributed by atoms with Gasteiger partial charge in [-0.15, -0.1) is 0 Å². The van der Waals surface area contributed by atoms with Crippen LogP contribution in [0.5, 0.6) is 11.8 Å². The average molecular weight is 252 g/mol. The van der Waals surface area contributed by atoms with Crippen molar-refractivity contribution in [1.29, 1.82) is 0 Å². The molecule has 0 radical (unpaired) electrons. The lowest BCUT2D eigenvalue weighted by atomic mass is 9.83. The molecule has 1 aromatic carbocycles. The summed E-state index contributed by atoms with van der Waals surface area (Å²) in [5, 5.41) is 17.6. The molecule has 0 spiro atoms. The highest BCUT2D eigenvalue weighted by Gasteiger charge is 2.12. The second-order valence-electron chi connectivity index (χ2n) is 3.38. The second-order valence-corrected chi connectivity index (χ2v) is 3.38. The molecule has 2 N–H and O–H groups in total. The van der Waals surface area contributed by atoms with E-state index in [2.05, 4.69) is 9.97 Å². The molecule has 0 aliphatic heterocycles. The van der Waals surface area contributed by atoms with Crippen LogP contribution in [0.4, 0.5) is 8.78 Å². The Morgan fingerprint density at radius 1 is 1.00 bits per heavy atom. The molecule has 2 rings (SSSR count). The Morgan fingerprint density at radius 3 is 2.06 bits per heavy atom. The van der Waals surface area contributed by atoms with Gasteiger partial charge in [0.05, 0.1) is 0 Å². The third kappa shape index (κ3) is 2.99. The van der Waals surface area contributed by atoms with E-state index in [0.29, 0.717) is 6.07 Å². The maximum Gasteiger partial charge on any atom is 0.491 e. The smallest absolute Gasteiger partial charge is 0.424 e. The normalized spacial score (nSPS) is 10.2. The summed E-state index contributed by atoms with van der Waals surface area (Å²) in [6, 6.07) is 2.49. The van der Waals surface area contributed by atoms with E-state index in [-0.39, 0.29) is 17.2 Å². The highest BCUT2D eigenvalue weighted by atomic mass is 19.1. The zero-order chi connectivity index (χ0) is 13.1. The zero-order valence-corrected chi connectivity index (χ0v) is 8.92. The van der Waals surface area contributed by atoms with Crippen molar-refractivity contribution in [3.8, 4) is 11.8 Å². The van der Waals surface area contributed by atoms with Gasteiger partial charge >= 0.3 is 13.1 Å². The molecule has 0 saturated heterocycles. The summed E-state index contributed by atoms with van der Waals surface area (Å²) in [5.74, 6) is -1.66. The van der Waals surface area contributed by atoms with Gasteiger partial charge in [-0.3, -0.25) is 0 Å². The Bertz CT molecular complexity index is 531. The number of aromatic nitrogens is 2. The molecule has 0 unspecified atom stereocenters. The first kappa shape index (κ1) is 12.4. The monoisotopic (exact) mass is 252 g/mol. The van der Waals surface area contributed by atoms with Crippen LogP contribution in [0.1, 0.15) is 0 Å². The van der Waals surface area contributed by atoms with Gasteiger partial charge in [0.15, 0.2) is 0 Å². The molecule has 0 amide bonds. The van der Waals surface area contributed by atoms with E-state index in [1.165, 1.54) is 0 Å². The lowest BCUT2D eigenvalue weighted by molar-refractivity contribution is 0.422. The summed E-state index contributed by atoms with van der Waals surface area (Å²) in [7, 11) is -1.69. The van der Waals surface area contributed by atoms with Gasteiger partial charge in [0.25, 0.3) is 0 Å². The maximum absolute atomic E-state index is 12.9. The van der Waals surface area contributed by atoms with Gasteiger partial charge in [-0.05, 0) is 0 Å². The molecule has 0 fully saturated rings. The third-order valence-electron chi connectivity index (χ3n) is 1.99. The summed E-state index contributed by atoms with van der Waals surface area (Å²) in [6.45, 7) is 0. The molecule has 1 heterocycles. The summed E-state index contributed by atoms with van der Waals surface area (Å²) < 4.78 is 30.8. The average Bonchev–Trinajstić information content (AvgIpc) is 2.28. The van der Waals surface area contributed by atoms with Crippen LogP contribution >= 0.6 is 0 Å². The van der Waals surface area contributed by atoms with Gasteiger partial charge in [-0.25, -0.2) is 18.7 Å². The van der Waals surface area contributed by atoms with Gasteiger partial charge in [-0.1, -0.05) is 0 Å². The molecule has 18 heavy (non-hydrogen) atoms. The molecule has 92 valence electrons. The minimum absolute atomic E-state index is 0.0766. The largest absolute Gasteiger partial charge is 0.491 e. The van der Waals surface area contributed by atoms with Gasteiger partial charge in [0.2, 0.25) is 0 Å². The van der Waals surface area contributed by atoms with Crippen LogP contribution in [0.15, 0.2) is 30.6 Å². The highest BCUT2D eigenvalue weighted by Crippen LogP contribution is 2.19. The highest BCUT2D eigenvalue weighted by molar-refractivity contribution is 6.58. The second kappa shape index (κ2) is 5.07. The molecule has 8 heteroatoms. The number of benzene rings is 1. The van der Waals surface area contributed by atoms with E-state index < -0.39 is 18.8 Å². The molecular formula is C10H7BF2N2O3. The van der Waals surface area contributed by atoms with Gasteiger partial charge in [-0.2, -0.15) is 0 Å². The first-order chi connectivity index (χ1) is 8.54. The number of rotatable bonds is 3.